The van der Waals surface area contributed by atoms with Gasteiger partial charge in [0.25, 0.3) is 0 Å². The Morgan fingerprint density at radius 3 is 2.12 bits per heavy atom. The van der Waals surface area contributed by atoms with Crippen LogP contribution < -0.4 is 5.32 Å². The lowest BCUT2D eigenvalue weighted by Crippen LogP contribution is -2.34. The lowest BCUT2D eigenvalue weighted by atomic mass is 9.96. The molecule has 3 aromatic rings. The highest BCUT2D eigenvalue weighted by atomic mass is 32.1. The second-order valence-electron chi connectivity index (χ2n) is 8.60. The standard InChI is InChI=1S/C28H32N2O2S2/c1-2-32-27(31)25-23-17-11-3-4-12-18-24(23)34-26(25)29-28(33)30(19-21-13-7-5-8-14-21)20-22-15-9-6-10-16-22/h5-10,13-16H,2-4,11-12,17-20H2,1H3,(H,29,33). The quantitative estimate of drug-likeness (QED) is 0.285. The molecule has 2 aromatic carbocycles. The number of carbonyl (C=O) groups excluding carboxylic acids is 1. The molecule has 0 aliphatic heterocycles. The normalized spacial score (nSPS) is 13.3. The molecule has 34 heavy (non-hydrogen) atoms. The van der Waals surface area contributed by atoms with Crippen molar-refractivity contribution in [3.8, 4) is 0 Å². The van der Waals surface area contributed by atoms with Gasteiger partial charge in [0.05, 0.1) is 12.2 Å². The van der Waals surface area contributed by atoms with Crippen LogP contribution in [0.4, 0.5) is 5.00 Å². The van der Waals surface area contributed by atoms with Crippen LogP contribution in [0.25, 0.3) is 0 Å². The van der Waals surface area contributed by atoms with Gasteiger partial charge >= 0.3 is 5.97 Å². The van der Waals surface area contributed by atoms with Crippen LogP contribution in [0.15, 0.2) is 60.7 Å². The van der Waals surface area contributed by atoms with Crippen molar-refractivity contribution in [1.29, 1.82) is 0 Å². The Labute approximate surface area is 212 Å². The van der Waals surface area contributed by atoms with Gasteiger partial charge < -0.3 is 15.0 Å². The summed E-state index contributed by atoms with van der Waals surface area (Å²) < 4.78 is 5.47. The highest BCUT2D eigenvalue weighted by molar-refractivity contribution is 7.80. The number of thiocarbonyl (C=S) groups is 1. The van der Waals surface area contributed by atoms with E-state index in [2.05, 4.69) is 34.5 Å². The van der Waals surface area contributed by atoms with Crippen LogP contribution in [-0.4, -0.2) is 22.6 Å². The van der Waals surface area contributed by atoms with Crippen molar-refractivity contribution in [2.75, 3.05) is 11.9 Å². The molecule has 178 valence electrons. The molecule has 0 atom stereocenters. The third-order valence-electron chi connectivity index (χ3n) is 6.09. The number of anilines is 1. The topological polar surface area (TPSA) is 41.6 Å². The van der Waals surface area contributed by atoms with Gasteiger partial charge in [-0.05, 0) is 61.5 Å². The summed E-state index contributed by atoms with van der Waals surface area (Å²) in [6.45, 7) is 3.58. The Hall–Kier alpha value is -2.70. The maximum Gasteiger partial charge on any atom is 0.341 e. The van der Waals surface area contributed by atoms with Crippen molar-refractivity contribution in [2.24, 2.45) is 0 Å². The summed E-state index contributed by atoms with van der Waals surface area (Å²) in [6, 6.07) is 20.7. The summed E-state index contributed by atoms with van der Waals surface area (Å²) in [4.78, 5) is 16.5. The SMILES string of the molecule is CCOC(=O)c1c(NC(=S)N(Cc2ccccc2)Cc2ccccc2)sc2c1CCCCCC2. The second-order valence-corrected chi connectivity index (χ2v) is 10.1. The second kappa shape index (κ2) is 12.1. The number of esters is 1. The Bertz CT molecular complexity index is 1050. The number of hydrogen-bond acceptors (Lipinski definition) is 4. The molecule has 4 nitrogen and oxygen atoms in total. The number of hydrogen-bond donors (Lipinski definition) is 1. The zero-order valence-corrected chi connectivity index (χ0v) is 21.4. The summed E-state index contributed by atoms with van der Waals surface area (Å²) in [6.07, 6.45) is 6.66. The van der Waals surface area contributed by atoms with Gasteiger partial charge in [0.1, 0.15) is 5.00 Å². The Morgan fingerprint density at radius 2 is 1.53 bits per heavy atom. The van der Waals surface area contributed by atoms with Crippen molar-refractivity contribution in [1.82, 2.24) is 4.90 Å². The van der Waals surface area contributed by atoms with Gasteiger partial charge in [0.15, 0.2) is 5.11 Å². The summed E-state index contributed by atoms with van der Waals surface area (Å²) in [5.41, 5.74) is 4.22. The largest absolute Gasteiger partial charge is 0.462 e. The summed E-state index contributed by atoms with van der Waals surface area (Å²) in [5, 5.41) is 4.90. The van der Waals surface area contributed by atoms with Crippen molar-refractivity contribution < 1.29 is 9.53 Å². The molecule has 0 saturated carbocycles. The van der Waals surface area contributed by atoms with Gasteiger partial charge in [-0.25, -0.2) is 4.79 Å². The average molecular weight is 493 g/mol. The Kier molecular flexibility index (Phi) is 8.72. The lowest BCUT2D eigenvalue weighted by Gasteiger charge is -2.26. The molecule has 4 rings (SSSR count). The van der Waals surface area contributed by atoms with Crippen molar-refractivity contribution in [3.63, 3.8) is 0 Å². The van der Waals surface area contributed by atoms with Crippen molar-refractivity contribution in [3.05, 3.63) is 87.8 Å². The zero-order chi connectivity index (χ0) is 23.8. The number of carbonyl (C=O) groups is 1. The molecule has 6 heteroatoms. The monoisotopic (exact) mass is 492 g/mol. The van der Waals surface area contributed by atoms with E-state index in [0.717, 1.165) is 36.2 Å². The fraction of sp³-hybridized carbons (Fsp3) is 0.357. The average Bonchev–Trinajstić information content (AvgIpc) is 3.16. The number of thiophene rings is 1. The van der Waals surface area contributed by atoms with Crippen LogP contribution in [0.5, 0.6) is 0 Å². The molecule has 0 saturated heterocycles. The molecule has 0 unspecified atom stereocenters. The first kappa shape index (κ1) is 24.4. The van der Waals surface area contributed by atoms with Crippen molar-refractivity contribution in [2.45, 2.75) is 58.5 Å². The molecule has 1 aliphatic carbocycles. The van der Waals surface area contributed by atoms with Gasteiger partial charge in [0, 0.05) is 18.0 Å². The van der Waals surface area contributed by atoms with E-state index >= 15 is 0 Å². The Morgan fingerprint density at radius 1 is 0.941 bits per heavy atom. The maximum absolute atomic E-state index is 13.0. The first-order chi connectivity index (χ1) is 16.7. The van der Waals surface area contributed by atoms with E-state index in [1.165, 1.54) is 28.8 Å². The third kappa shape index (κ3) is 6.24. The van der Waals surface area contributed by atoms with Gasteiger partial charge in [-0.2, -0.15) is 0 Å². The molecule has 1 heterocycles. The third-order valence-corrected chi connectivity index (χ3v) is 7.66. The molecule has 1 aromatic heterocycles. The number of aryl methyl sites for hydroxylation is 1. The fourth-order valence-corrected chi connectivity index (χ4v) is 5.98. The highest BCUT2D eigenvalue weighted by Gasteiger charge is 2.26. The first-order valence-electron chi connectivity index (χ1n) is 12.1. The van der Waals surface area contributed by atoms with E-state index in [0.29, 0.717) is 30.4 Å². The first-order valence-corrected chi connectivity index (χ1v) is 13.3. The predicted molar refractivity (Wildman–Crippen MR) is 145 cm³/mol. The smallest absolute Gasteiger partial charge is 0.341 e. The number of nitrogens with zero attached hydrogens (tertiary/aromatic N) is 1. The van der Waals surface area contributed by atoms with Crippen molar-refractivity contribution >= 4 is 39.6 Å². The lowest BCUT2D eigenvalue weighted by molar-refractivity contribution is 0.0526. The predicted octanol–water partition coefficient (Wildman–Crippen LogP) is 6.98. The highest BCUT2D eigenvalue weighted by Crippen LogP contribution is 2.38. The van der Waals surface area contributed by atoms with E-state index in [-0.39, 0.29) is 5.97 Å². The van der Waals surface area contributed by atoms with E-state index in [1.54, 1.807) is 11.3 Å². The van der Waals surface area contributed by atoms with Crippen LogP contribution >= 0.6 is 23.6 Å². The molecule has 1 aliphatic rings. The number of fused-ring (bicyclic) bond motifs is 1. The molecule has 0 spiro atoms. The number of nitrogens with one attached hydrogen (secondary N) is 1. The molecule has 0 radical (unpaired) electrons. The minimum atomic E-state index is -0.247. The van der Waals surface area contributed by atoms with E-state index in [9.17, 15) is 4.79 Å². The van der Waals surface area contributed by atoms with Crippen LogP contribution in [0.3, 0.4) is 0 Å². The van der Waals surface area contributed by atoms with Crippen LogP contribution in [-0.2, 0) is 30.7 Å². The maximum atomic E-state index is 13.0. The number of ether oxygens (including phenoxy) is 1. The number of benzene rings is 2. The number of rotatable bonds is 7. The summed E-state index contributed by atoms with van der Waals surface area (Å²) in [5.74, 6) is -0.247. The molecule has 0 bridgehead atoms. The fourth-order valence-electron chi connectivity index (χ4n) is 4.41. The molecule has 1 N–H and O–H groups in total. The van der Waals surface area contributed by atoms with E-state index < -0.39 is 0 Å². The molecular formula is C28H32N2O2S2. The summed E-state index contributed by atoms with van der Waals surface area (Å²) >= 11 is 7.60. The summed E-state index contributed by atoms with van der Waals surface area (Å²) in [7, 11) is 0. The van der Waals surface area contributed by atoms with Crippen LogP contribution in [0, 0.1) is 0 Å². The van der Waals surface area contributed by atoms with Gasteiger partial charge in [-0.15, -0.1) is 11.3 Å². The zero-order valence-electron chi connectivity index (χ0n) is 19.7. The van der Waals surface area contributed by atoms with Gasteiger partial charge in [-0.3, -0.25) is 0 Å². The molecule has 0 fully saturated rings. The molecular weight excluding hydrogens is 460 g/mol. The Balaban J connectivity index is 1.63. The minimum Gasteiger partial charge on any atom is -0.462 e. The van der Waals surface area contributed by atoms with E-state index in [1.807, 2.05) is 43.3 Å². The van der Waals surface area contributed by atoms with Gasteiger partial charge in [-0.1, -0.05) is 73.5 Å². The van der Waals surface area contributed by atoms with E-state index in [4.69, 9.17) is 17.0 Å². The minimum absolute atomic E-state index is 0.247. The van der Waals surface area contributed by atoms with Crippen LogP contribution in [0.2, 0.25) is 0 Å². The van der Waals surface area contributed by atoms with Gasteiger partial charge in [0.2, 0.25) is 0 Å². The van der Waals surface area contributed by atoms with Crippen LogP contribution in [0.1, 0.15) is 64.5 Å². The molecule has 0 amide bonds.